The first-order valence-electron chi connectivity index (χ1n) is 11.2. The molecule has 4 heterocycles. The van der Waals surface area contributed by atoms with Gasteiger partial charge in [0.05, 0.1) is 29.0 Å². The molecule has 1 saturated carbocycles. The zero-order valence-corrected chi connectivity index (χ0v) is 18.8. The van der Waals surface area contributed by atoms with Crippen LogP contribution in [0.4, 0.5) is 15.9 Å². The van der Waals surface area contributed by atoms with Crippen LogP contribution < -0.4 is 20.7 Å². The average molecular weight is 465 g/mol. The minimum Gasteiger partial charge on any atom is -0.421 e. The van der Waals surface area contributed by atoms with Gasteiger partial charge in [-0.05, 0) is 29.9 Å². The van der Waals surface area contributed by atoms with Crippen molar-refractivity contribution < 1.29 is 14.2 Å². The Hall–Kier alpha value is -3.57. The number of aromatic nitrogens is 5. The summed E-state index contributed by atoms with van der Waals surface area (Å²) >= 11 is 0. The van der Waals surface area contributed by atoms with E-state index in [1.54, 1.807) is 7.05 Å². The van der Waals surface area contributed by atoms with Gasteiger partial charge in [0.1, 0.15) is 23.9 Å². The van der Waals surface area contributed by atoms with Crippen molar-refractivity contribution in [3.05, 3.63) is 36.2 Å². The van der Waals surface area contributed by atoms with E-state index in [1.807, 2.05) is 0 Å². The number of anilines is 2. The zero-order valence-electron chi connectivity index (χ0n) is 18.8. The molecule has 3 aromatic heterocycles. The summed E-state index contributed by atoms with van der Waals surface area (Å²) in [6, 6.07) is 3.23. The molecule has 1 aliphatic heterocycles. The van der Waals surface area contributed by atoms with Crippen molar-refractivity contribution in [3.63, 3.8) is 0 Å². The summed E-state index contributed by atoms with van der Waals surface area (Å²) in [5.74, 6) is 1.33. The number of nitrogens with zero attached hydrogens (tertiary/aromatic N) is 5. The minimum atomic E-state index is -0.347. The molecule has 3 atom stereocenters. The van der Waals surface area contributed by atoms with Crippen LogP contribution >= 0.6 is 0 Å². The number of hydrogen-bond acceptors (Lipinski definition) is 9. The number of benzene rings is 1. The molecule has 10 nitrogen and oxygen atoms in total. The second-order valence-corrected chi connectivity index (χ2v) is 9.41. The standard InChI is InChI=1S/C23H25FN8O2/c1-23-5-15(25)14(23)8-32(10-23)21-18-13-3-11(24)4-16(26-2)19(13)29-20(18)30-22(31-21)34-12-6-27-17(9-33)28-7-12/h3-4,6-7,14-15,26,33H,5,8-10,25H2,1-2H3,(H,29,30,31). The third kappa shape index (κ3) is 3.15. The normalized spacial score (nSPS) is 23.9. The highest BCUT2D eigenvalue weighted by Gasteiger charge is 2.55. The molecule has 34 heavy (non-hydrogen) atoms. The molecule has 6 rings (SSSR count). The van der Waals surface area contributed by atoms with Gasteiger partial charge in [0.25, 0.3) is 0 Å². The molecule has 4 aromatic rings. The molecule has 1 aromatic carbocycles. The molecule has 0 bridgehead atoms. The molecule has 1 saturated heterocycles. The topological polar surface area (TPSA) is 138 Å². The highest BCUT2D eigenvalue weighted by atomic mass is 19.1. The van der Waals surface area contributed by atoms with E-state index >= 15 is 0 Å². The van der Waals surface area contributed by atoms with Crippen LogP contribution in [0.5, 0.6) is 11.8 Å². The Labute approximate surface area is 194 Å². The molecule has 0 radical (unpaired) electrons. The number of aromatic amines is 1. The number of H-pyrrole nitrogens is 1. The SMILES string of the molecule is CNc1cc(F)cc2c1[nH]c1nc(Oc3cnc(CO)nc3)nc(N3CC4C(N)CC4(C)C3)c12. The number of aliphatic hydroxyl groups is 1. The lowest BCUT2D eigenvalue weighted by molar-refractivity contribution is 0.0771. The second kappa shape index (κ2) is 7.47. The maximum absolute atomic E-state index is 14.5. The van der Waals surface area contributed by atoms with E-state index in [0.29, 0.717) is 40.0 Å². The lowest BCUT2D eigenvalue weighted by Gasteiger charge is -2.46. The molecular formula is C23H25FN8O2. The number of fused-ring (bicyclic) bond motifs is 4. The van der Waals surface area contributed by atoms with Crippen LogP contribution in [0.15, 0.2) is 24.5 Å². The van der Waals surface area contributed by atoms with E-state index in [9.17, 15) is 9.50 Å². The van der Waals surface area contributed by atoms with Crippen LogP contribution in [0.2, 0.25) is 0 Å². The fraction of sp³-hybridized carbons (Fsp3) is 0.391. The summed E-state index contributed by atoms with van der Waals surface area (Å²) in [7, 11) is 1.75. The molecule has 2 aliphatic rings. The number of aliphatic hydroxyl groups excluding tert-OH is 1. The maximum atomic E-state index is 14.5. The summed E-state index contributed by atoms with van der Waals surface area (Å²) in [5.41, 5.74) is 8.34. The smallest absolute Gasteiger partial charge is 0.326 e. The third-order valence-electron chi connectivity index (χ3n) is 7.17. The molecule has 3 unspecified atom stereocenters. The highest BCUT2D eigenvalue weighted by Crippen LogP contribution is 2.52. The van der Waals surface area contributed by atoms with Gasteiger partial charge in [-0.2, -0.15) is 9.97 Å². The molecule has 1 aliphatic carbocycles. The van der Waals surface area contributed by atoms with Gasteiger partial charge in [0.15, 0.2) is 11.6 Å². The van der Waals surface area contributed by atoms with Crippen LogP contribution in [0.3, 0.4) is 0 Å². The number of nitrogens with one attached hydrogen (secondary N) is 2. The van der Waals surface area contributed by atoms with Crippen LogP contribution in [-0.2, 0) is 6.61 Å². The Bertz CT molecular complexity index is 1410. The van der Waals surface area contributed by atoms with Crippen molar-refractivity contribution in [2.75, 3.05) is 30.4 Å². The predicted molar refractivity (Wildman–Crippen MR) is 125 cm³/mol. The summed E-state index contributed by atoms with van der Waals surface area (Å²) < 4.78 is 20.4. The van der Waals surface area contributed by atoms with Crippen LogP contribution in [0, 0.1) is 17.2 Å². The third-order valence-corrected chi connectivity index (χ3v) is 7.17. The fourth-order valence-corrected chi connectivity index (χ4v) is 5.50. The van der Waals surface area contributed by atoms with Crippen LogP contribution in [0.1, 0.15) is 19.2 Å². The molecule has 2 fully saturated rings. The second-order valence-electron chi connectivity index (χ2n) is 9.41. The van der Waals surface area contributed by atoms with E-state index in [0.717, 1.165) is 30.4 Å². The van der Waals surface area contributed by atoms with Crippen LogP contribution in [0.25, 0.3) is 21.9 Å². The minimum absolute atomic E-state index is 0.120. The van der Waals surface area contributed by atoms with Gasteiger partial charge < -0.3 is 30.8 Å². The molecule has 5 N–H and O–H groups in total. The summed E-state index contributed by atoms with van der Waals surface area (Å²) in [6.45, 7) is 3.55. The number of nitrogens with two attached hydrogens (primary N) is 1. The molecular weight excluding hydrogens is 439 g/mol. The monoisotopic (exact) mass is 464 g/mol. The van der Waals surface area contributed by atoms with Gasteiger partial charge in [0, 0.05) is 31.6 Å². The van der Waals surface area contributed by atoms with Gasteiger partial charge in [-0.25, -0.2) is 14.4 Å². The van der Waals surface area contributed by atoms with Gasteiger partial charge >= 0.3 is 6.01 Å². The van der Waals surface area contributed by atoms with E-state index < -0.39 is 0 Å². The predicted octanol–water partition coefficient (Wildman–Crippen LogP) is 2.54. The Kier molecular flexibility index (Phi) is 4.61. The van der Waals surface area contributed by atoms with Gasteiger partial charge in [0.2, 0.25) is 0 Å². The fourth-order valence-electron chi connectivity index (χ4n) is 5.50. The van der Waals surface area contributed by atoms with Gasteiger partial charge in [-0.3, -0.25) is 0 Å². The average Bonchev–Trinajstić information content (AvgIpc) is 3.32. The van der Waals surface area contributed by atoms with E-state index in [1.165, 1.54) is 24.5 Å². The Morgan fingerprint density at radius 1 is 1.32 bits per heavy atom. The number of ether oxygens (including phenoxy) is 1. The summed E-state index contributed by atoms with van der Waals surface area (Å²) in [6.07, 6.45) is 3.88. The molecule has 0 spiro atoms. The first-order chi connectivity index (χ1) is 16.4. The van der Waals surface area contributed by atoms with Crippen molar-refractivity contribution in [2.45, 2.75) is 26.0 Å². The van der Waals surface area contributed by atoms with Crippen molar-refractivity contribution in [2.24, 2.45) is 17.1 Å². The van der Waals surface area contributed by atoms with Gasteiger partial charge in [-0.15, -0.1) is 0 Å². The van der Waals surface area contributed by atoms with Crippen molar-refractivity contribution in [1.82, 2.24) is 24.9 Å². The first-order valence-corrected chi connectivity index (χ1v) is 11.2. The van der Waals surface area contributed by atoms with E-state index in [4.69, 9.17) is 15.5 Å². The van der Waals surface area contributed by atoms with Crippen molar-refractivity contribution in [1.29, 1.82) is 0 Å². The molecule has 176 valence electrons. The van der Waals surface area contributed by atoms with E-state index in [2.05, 4.69) is 37.1 Å². The maximum Gasteiger partial charge on any atom is 0.326 e. The van der Waals surface area contributed by atoms with Crippen molar-refractivity contribution in [3.8, 4) is 11.8 Å². The molecule has 11 heteroatoms. The number of halogens is 1. The van der Waals surface area contributed by atoms with Crippen molar-refractivity contribution >= 4 is 33.4 Å². The number of hydrogen-bond donors (Lipinski definition) is 4. The highest BCUT2D eigenvalue weighted by molar-refractivity contribution is 6.14. The number of rotatable bonds is 5. The van der Waals surface area contributed by atoms with E-state index in [-0.39, 0.29) is 29.9 Å². The summed E-state index contributed by atoms with van der Waals surface area (Å²) in [5, 5.41) is 13.7. The Morgan fingerprint density at radius 2 is 2.12 bits per heavy atom. The zero-order chi connectivity index (χ0) is 23.6. The molecule has 0 amide bonds. The quantitative estimate of drug-likeness (QED) is 0.351. The van der Waals surface area contributed by atoms with Gasteiger partial charge in [-0.1, -0.05) is 6.92 Å². The Morgan fingerprint density at radius 3 is 2.79 bits per heavy atom. The largest absolute Gasteiger partial charge is 0.421 e. The van der Waals surface area contributed by atoms with Crippen LogP contribution in [-0.4, -0.2) is 56.2 Å². The Balaban J connectivity index is 1.51. The lowest BCUT2D eigenvalue weighted by Crippen LogP contribution is -2.53. The first kappa shape index (κ1) is 21.0. The lowest BCUT2D eigenvalue weighted by atomic mass is 9.60. The summed E-state index contributed by atoms with van der Waals surface area (Å²) in [4.78, 5) is 23.0.